The summed E-state index contributed by atoms with van der Waals surface area (Å²) in [4.78, 5) is 5.38. The number of hydrogen-bond acceptors (Lipinski definition) is 4. The molecule has 1 aromatic rings. The first-order valence-electron chi connectivity index (χ1n) is 5.51. The first-order chi connectivity index (χ1) is 7.40. The van der Waals surface area contributed by atoms with E-state index in [0.29, 0.717) is 0 Å². The maximum atomic E-state index is 4.14. The summed E-state index contributed by atoms with van der Waals surface area (Å²) >= 11 is 1.82. The largest absolute Gasteiger partial charge is 0.370 e. The molecule has 1 aliphatic heterocycles. The molecule has 0 saturated carbocycles. The summed E-state index contributed by atoms with van der Waals surface area (Å²) in [5.74, 6) is 0. The number of rotatable bonds is 4. The number of nitrogens with one attached hydrogen (secondary N) is 1. The molecular weight excluding hydrogens is 206 g/mol. The average Bonchev–Trinajstić information content (AvgIpc) is 2.29. The molecule has 15 heavy (non-hydrogen) atoms. The first-order valence-corrected chi connectivity index (χ1v) is 6.28. The highest BCUT2D eigenvalue weighted by Crippen LogP contribution is 2.32. The fraction of sp³-hybridized carbons (Fsp3) is 0.545. The number of aromatic nitrogens is 1. The Bertz CT molecular complexity index is 316. The van der Waals surface area contributed by atoms with Gasteiger partial charge in [-0.05, 0) is 24.4 Å². The van der Waals surface area contributed by atoms with Gasteiger partial charge in [0.2, 0.25) is 0 Å². The third-order valence-electron chi connectivity index (χ3n) is 2.47. The second-order valence-corrected chi connectivity index (χ2v) is 4.85. The Hall–Kier alpha value is -0.740. The third-order valence-corrected chi connectivity index (χ3v) is 3.56. The molecule has 2 heterocycles. The Morgan fingerprint density at radius 3 is 3.33 bits per heavy atom. The Morgan fingerprint density at radius 2 is 2.47 bits per heavy atom. The highest BCUT2D eigenvalue weighted by Gasteiger charge is 2.15. The van der Waals surface area contributed by atoms with Gasteiger partial charge in [-0.3, -0.25) is 4.98 Å². The molecule has 1 N–H and O–H groups in total. The van der Waals surface area contributed by atoms with Gasteiger partial charge in [0.1, 0.15) is 0 Å². The smallest absolute Gasteiger partial charge is 0.0778 e. The van der Waals surface area contributed by atoms with Gasteiger partial charge < -0.3 is 5.32 Å². The molecule has 0 spiro atoms. The summed E-state index contributed by atoms with van der Waals surface area (Å²) in [6, 6.07) is 2.03. The highest BCUT2D eigenvalue weighted by atomic mass is 32.2. The van der Waals surface area contributed by atoms with Gasteiger partial charge in [-0.2, -0.15) is 0 Å². The first kappa shape index (κ1) is 10.8. The molecule has 0 atom stereocenters. The molecule has 0 aliphatic carbocycles. The predicted molar refractivity (Wildman–Crippen MR) is 64.8 cm³/mol. The van der Waals surface area contributed by atoms with Crippen LogP contribution in [0.1, 0.15) is 26.2 Å². The summed E-state index contributed by atoms with van der Waals surface area (Å²) < 4.78 is 2.36. The van der Waals surface area contributed by atoms with Gasteiger partial charge >= 0.3 is 0 Å². The number of unbranched alkanes of at least 4 members (excludes halogenated alkanes) is 2. The second kappa shape index (κ2) is 5.37. The van der Waals surface area contributed by atoms with Crippen LogP contribution in [-0.2, 0) is 0 Å². The summed E-state index contributed by atoms with van der Waals surface area (Å²) in [6.45, 7) is 4.33. The van der Waals surface area contributed by atoms with E-state index >= 15 is 0 Å². The van der Waals surface area contributed by atoms with Crippen LogP contribution in [0.5, 0.6) is 0 Å². The second-order valence-electron chi connectivity index (χ2n) is 3.71. The third kappa shape index (κ3) is 2.86. The molecular formula is C11H17N3S. The summed E-state index contributed by atoms with van der Waals surface area (Å²) in [6.07, 6.45) is 7.64. The lowest BCUT2D eigenvalue weighted by Gasteiger charge is -2.28. The van der Waals surface area contributed by atoms with E-state index in [-0.39, 0.29) is 0 Å². The normalized spacial score (nSPS) is 15.8. The van der Waals surface area contributed by atoms with Crippen LogP contribution in [0.3, 0.4) is 0 Å². The van der Waals surface area contributed by atoms with Gasteiger partial charge in [-0.25, -0.2) is 4.31 Å². The van der Waals surface area contributed by atoms with E-state index in [1.165, 1.54) is 29.8 Å². The summed E-state index contributed by atoms with van der Waals surface area (Å²) in [7, 11) is 0. The van der Waals surface area contributed by atoms with Crippen LogP contribution < -0.4 is 5.32 Å². The maximum Gasteiger partial charge on any atom is 0.0778 e. The topological polar surface area (TPSA) is 28.2 Å². The molecule has 0 radical (unpaired) electrons. The van der Waals surface area contributed by atoms with Crippen molar-refractivity contribution < 1.29 is 0 Å². The fourth-order valence-electron chi connectivity index (χ4n) is 1.61. The maximum absolute atomic E-state index is 4.14. The van der Waals surface area contributed by atoms with Crippen LogP contribution in [0.15, 0.2) is 23.4 Å². The minimum atomic E-state index is 0.936. The van der Waals surface area contributed by atoms with Gasteiger partial charge in [-0.1, -0.05) is 19.8 Å². The minimum Gasteiger partial charge on any atom is -0.370 e. The van der Waals surface area contributed by atoms with Gasteiger partial charge in [0.25, 0.3) is 0 Å². The zero-order valence-electron chi connectivity index (χ0n) is 9.07. The monoisotopic (exact) mass is 223 g/mol. The van der Waals surface area contributed by atoms with Crippen molar-refractivity contribution in [2.24, 2.45) is 0 Å². The van der Waals surface area contributed by atoms with E-state index in [1.807, 2.05) is 30.4 Å². The Balaban J connectivity index is 1.88. The van der Waals surface area contributed by atoms with Crippen LogP contribution in [0.2, 0.25) is 0 Å². The molecule has 0 unspecified atom stereocenters. The standard InChI is InChI=1S/C11H17N3S/c1-2-3-4-7-14-9-13-10-5-6-12-8-11(10)15-14/h5-6,8,13H,2-4,7,9H2,1H3. The van der Waals surface area contributed by atoms with Crippen molar-refractivity contribution >= 4 is 17.6 Å². The number of nitrogens with zero attached hydrogens (tertiary/aromatic N) is 2. The van der Waals surface area contributed by atoms with Crippen molar-refractivity contribution in [2.45, 2.75) is 31.1 Å². The Morgan fingerprint density at radius 1 is 1.53 bits per heavy atom. The lowest BCUT2D eigenvalue weighted by atomic mass is 10.2. The van der Waals surface area contributed by atoms with Gasteiger partial charge in [-0.15, -0.1) is 0 Å². The molecule has 4 heteroatoms. The lowest BCUT2D eigenvalue weighted by Crippen LogP contribution is -2.27. The SMILES string of the molecule is CCCCCN1CNc2ccncc2S1. The van der Waals surface area contributed by atoms with Gasteiger partial charge in [0.15, 0.2) is 0 Å². The van der Waals surface area contributed by atoms with Crippen LogP contribution >= 0.6 is 11.9 Å². The molecule has 1 aliphatic rings. The Labute approximate surface area is 95.4 Å². The number of anilines is 1. The van der Waals surface area contributed by atoms with E-state index in [1.54, 1.807) is 0 Å². The molecule has 1 aromatic heterocycles. The fourth-order valence-corrected chi connectivity index (χ4v) is 2.58. The molecule has 0 amide bonds. The lowest BCUT2D eigenvalue weighted by molar-refractivity contribution is 0.471. The molecule has 0 saturated heterocycles. The van der Waals surface area contributed by atoms with Crippen LogP contribution in [0, 0.1) is 0 Å². The van der Waals surface area contributed by atoms with Gasteiger partial charge in [0.05, 0.1) is 17.3 Å². The predicted octanol–water partition coefficient (Wildman–Crippen LogP) is 2.96. The van der Waals surface area contributed by atoms with E-state index in [4.69, 9.17) is 0 Å². The van der Waals surface area contributed by atoms with Crippen LogP contribution in [-0.4, -0.2) is 22.5 Å². The number of fused-ring (bicyclic) bond motifs is 1. The van der Waals surface area contributed by atoms with Crippen LogP contribution in [0.25, 0.3) is 0 Å². The van der Waals surface area contributed by atoms with E-state index in [2.05, 4.69) is 21.5 Å². The van der Waals surface area contributed by atoms with Gasteiger partial charge in [0, 0.05) is 18.9 Å². The molecule has 0 fully saturated rings. The summed E-state index contributed by atoms with van der Waals surface area (Å²) in [5, 5.41) is 3.40. The highest BCUT2D eigenvalue weighted by molar-refractivity contribution is 7.97. The van der Waals surface area contributed by atoms with Crippen molar-refractivity contribution in [3.8, 4) is 0 Å². The minimum absolute atomic E-state index is 0.936. The van der Waals surface area contributed by atoms with Crippen molar-refractivity contribution in [2.75, 3.05) is 18.5 Å². The quantitative estimate of drug-likeness (QED) is 0.627. The molecule has 0 bridgehead atoms. The molecule has 3 nitrogen and oxygen atoms in total. The van der Waals surface area contributed by atoms with Crippen molar-refractivity contribution in [3.05, 3.63) is 18.5 Å². The van der Waals surface area contributed by atoms with E-state index < -0.39 is 0 Å². The van der Waals surface area contributed by atoms with Crippen molar-refractivity contribution in [3.63, 3.8) is 0 Å². The average molecular weight is 223 g/mol. The number of pyridine rings is 1. The number of hydrogen-bond donors (Lipinski definition) is 1. The zero-order valence-corrected chi connectivity index (χ0v) is 9.89. The zero-order chi connectivity index (χ0) is 10.5. The molecule has 82 valence electrons. The van der Waals surface area contributed by atoms with E-state index in [0.717, 1.165) is 13.2 Å². The van der Waals surface area contributed by atoms with Crippen molar-refractivity contribution in [1.82, 2.24) is 9.29 Å². The van der Waals surface area contributed by atoms with Crippen molar-refractivity contribution in [1.29, 1.82) is 0 Å². The van der Waals surface area contributed by atoms with Crippen LogP contribution in [0.4, 0.5) is 5.69 Å². The summed E-state index contributed by atoms with van der Waals surface area (Å²) in [5.41, 5.74) is 1.21. The molecule has 0 aromatic carbocycles. The Kier molecular flexibility index (Phi) is 3.86. The van der Waals surface area contributed by atoms with E-state index in [9.17, 15) is 0 Å². The molecule has 2 rings (SSSR count).